The number of benzene rings is 2. The van der Waals surface area contributed by atoms with Crippen molar-refractivity contribution in [1.82, 2.24) is 2.71 Å². The Kier molecular flexibility index (Phi) is 3.85. The van der Waals surface area contributed by atoms with Crippen LogP contribution in [0.1, 0.15) is 5.56 Å². The van der Waals surface area contributed by atoms with Crippen molar-refractivity contribution in [2.75, 3.05) is 4.90 Å². The normalized spacial score (nSPS) is 14.7. The minimum absolute atomic E-state index is 0.750. The van der Waals surface area contributed by atoms with Crippen molar-refractivity contribution >= 4 is 49.1 Å². The second-order valence-electron chi connectivity index (χ2n) is 4.48. The Hall–Kier alpha value is -1.27. The van der Waals surface area contributed by atoms with Crippen molar-refractivity contribution in [2.45, 2.75) is 0 Å². The predicted molar refractivity (Wildman–Crippen MR) is 85.1 cm³/mol. The van der Waals surface area contributed by atoms with Crippen molar-refractivity contribution < 1.29 is 0 Å². The van der Waals surface area contributed by atoms with Gasteiger partial charge >= 0.3 is 140 Å². The van der Waals surface area contributed by atoms with Gasteiger partial charge in [-0.2, -0.15) is 0 Å². The van der Waals surface area contributed by atoms with E-state index >= 15 is 0 Å². The molecule has 1 aliphatic rings. The van der Waals surface area contributed by atoms with Crippen LogP contribution in [0.4, 0.5) is 5.69 Å². The van der Waals surface area contributed by atoms with Gasteiger partial charge in [0.1, 0.15) is 0 Å². The summed E-state index contributed by atoms with van der Waals surface area (Å²) in [7, 11) is 0. The average molecular weight is 475 g/mol. The third kappa shape index (κ3) is 2.50. The zero-order valence-electron chi connectivity index (χ0n) is 10.8. The first kappa shape index (κ1) is 13.7. The number of halogens is 1. The molecule has 0 N–H and O–H groups in total. The molecule has 4 heteroatoms. The second kappa shape index (κ2) is 5.62. The van der Waals surface area contributed by atoms with Crippen LogP contribution in [0, 0.1) is 0 Å². The molecule has 20 heavy (non-hydrogen) atoms. The molecule has 0 bridgehead atoms. The third-order valence-corrected chi connectivity index (χ3v) is 4.94. The van der Waals surface area contributed by atoms with Crippen LogP contribution in [0.5, 0.6) is 0 Å². The molecular weight excluding hydrogens is 463 g/mol. The van der Waals surface area contributed by atoms with E-state index in [9.17, 15) is 0 Å². The van der Waals surface area contributed by atoms with Crippen LogP contribution in [-0.4, -0.2) is 28.8 Å². The summed E-state index contributed by atoms with van der Waals surface area (Å²) in [5.74, 6) is 0.993. The summed E-state index contributed by atoms with van der Waals surface area (Å²) in [5.41, 5.74) is 3.39. The maximum atomic E-state index is 5.97. The Morgan fingerprint density at radius 1 is 0.950 bits per heavy atom. The molecular formula is C16H12ClN2Pb. The molecule has 1 heterocycles. The summed E-state index contributed by atoms with van der Waals surface area (Å²) in [4.78, 5) is 2.18. The molecule has 3 radical (unpaired) electrons. The molecule has 0 aromatic heterocycles. The summed E-state index contributed by atoms with van der Waals surface area (Å²) in [6.45, 7) is 4.19. The third-order valence-electron chi connectivity index (χ3n) is 3.18. The van der Waals surface area contributed by atoms with E-state index in [0.29, 0.717) is 0 Å². The van der Waals surface area contributed by atoms with Crippen molar-refractivity contribution in [3.05, 3.63) is 83.8 Å². The van der Waals surface area contributed by atoms with Gasteiger partial charge in [-0.1, -0.05) is 0 Å². The molecule has 2 aromatic rings. The van der Waals surface area contributed by atoms with E-state index in [1.807, 2.05) is 42.5 Å². The fraction of sp³-hybridized carbons (Fsp3) is 0. The average Bonchev–Trinajstić information content (AvgIpc) is 2.77. The summed E-state index contributed by atoms with van der Waals surface area (Å²) in [5, 5.41) is 0.750. The molecule has 1 aliphatic heterocycles. The number of nitrogens with zero attached hydrogens (tertiary/aromatic N) is 2. The van der Waals surface area contributed by atoms with Crippen molar-refractivity contribution in [3.8, 4) is 0 Å². The summed E-state index contributed by atoms with van der Waals surface area (Å²) in [6.07, 6.45) is 2.14. The molecule has 0 atom stereocenters. The van der Waals surface area contributed by atoms with Gasteiger partial charge in [-0.25, -0.2) is 0 Å². The van der Waals surface area contributed by atoms with Gasteiger partial charge in [0.05, 0.1) is 0 Å². The quantitative estimate of drug-likeness (QED) is 0.607. The molecule has 0 spiro atoms. The molecule has 2 aromatic carbocycles. The van der Waals surface area contributed by atoms with Gasteiger partial charge in [0.2, 0.25) is 0 Å². The summed E-state index contributed by atoms with van der Waals surface area (Å²) >= 11 is 6.88. The molecule has 2 nitrogen and oxygen atoms in total. The first-order valence-corrected chi connectivity index (χ1v) is 8.31. The van der Waals surface area contributed by atoms with Crippen molar-refractivity contribution in [3.63, 3.8) is 0 Å². The number of hydrogen-bond donors (Lipinski definition) is 0. The fourth-order valence-electron chi connectivity index (χ4n) is 2.19. The van der Waals surface area contributed by atoms with E-state index < -0.39 is 0 Å². The topological polar surface area (TPSA) is 6.48 Å². The Morgan fingerprint density at radius 3 is 2.25 bits per heavy atom. The summed E-state index contributed by atoms with van der Waals surface area (Å²) < 4.78 is 2.16. The van der Waals surface area contributed by atoms with E-state index in [0.717, 1.165) is 53.9 Å². The van der Waals surface area contributed by atoms with Gasteiger partial charge in [0, 0.05) is 0 Å². The first-order chi connectivity index (χ1) is 9.66. The summed E-state index contributed by atoms with van der Waals surface area (Å²) in [6, 6.07) is 18.2. The van der Waals surface area contributed by atoms with E-state index in [1.165, 1.54) is 0 Å². The van der Waals surface area contributed by atoms with E-state index in [4.69, 9.17) is 11.6 Å². The number of anilines is 1. The molecule has 0 saturated heterocycles. The second-order valence-corrected chi connectivity index (χ2v) is 6.79. The van der Waals surface area contributed by atoms with Crippen LogP contribution in [0.25, 0.3) is 5.70 Å². The van der Waals surface area contributed by atoms with E-state index in [-0.39, 0.29) is 0 Å². The van der Waals surface area contributed by atoms with Crippen molar-refractivity contribution in [2.24, 2.45) is 0 Å². The Bertz CT molecular complexity index is 665. The number of rotatable bonds is 2. The fourth-order valence-corrected chi connectivity index (χ4v) is 3.18. The van der Waals surface area contributed by atoms with Crippen LogP contribution >= 0.6 is 11.6 Å². The maximum absolute atomic E-state index is 5.97. The Labute approximate surface area is 140 Å². The van der Waals surface area contributed by atoms with Gasteiger partial charge < -0.3 is 0 Å². The zero-order chi connectivity index (χ0) is 14.1. The molecule has 3 rings (SSSR count). The van der Waals surface area contributed by atoms with Crippen LogP contribution < -0.4 is 4.90 Å². The van der Waals surface area contributed by atoms with Crippen LogP contribution in [0.2, 0.25) is 5.02 Å². The van der Waals surface area contributed by atoms with Crippen molar-refractivity contribution in [1.29, 1.82) is 0 Å². The van der Waals surface area contributed by atoms with Crippen LogP contribution in [0.3, 0.4) is 0 Å². The number of para-hydroxylation sites is 1. The van der Waals surface area contributed by atoms with Crippen LogP contribution in [0.15, 0.2) is 73.2 Å². The zero-order valence-corrected chi connectivity index (χ0v) is 15.4. The monoisotopic (exact) mass is 475 g/mol. The molecule has 97 valence electrons. The van der Waals surface area contributed by atoms with E-state index in [2.05, 4.69) is 32.5 Å². The molecule has 0 saturated carbocycles. The van der Waals surface area contributed by atoms with Gasteiger partial charge in [-0.05, 0) is 0 Å². The predicted octanol–water partition coefficient (Wildman–Crippen LogP) is 4.02. The first-order valence-electron chi connectivity index (χ1n) is 6.19. The van der Waals surface area contributed by atoms with Gasteiger partial charge in [0.25, 0.3) is 0 Å². The molecule has 0 unspecified atom stereocenters. The molecule has 0 aliphatic carbocycles. The standard InChI is InChI=1S/C16H12ClN2.Pb/c1-12-18-11-16(13-7-9-14(17)10-8-13)19(12)15-5-3-2-4-6-15;/h2-11H,1H2;/q-1;+1. The number of hydrogen-bond acceptors (Lipinski definition) is 2. The molecule has 0 amide bonds. The minimum atomic E-state index is 0.750. The Balaban J connectivity index is 2.06. The molecule has 0 fully saturated rings. The van der Waals surface area contributed by atoms with Gasteiger partial charge in [-0.3, -0.25) is 0 Å². The Morgan fingerprint density at radius 2 is 1.60 bits per heavy atom. The SMILES string of the molecule is C=C1[N]([Pb])C=C(c2ccc(Cl)cc2)N1c1ccccc1. The van der Waals surface area contributed by atoms with E-state index in [1.54, 1.807) is 0 Å². The van der Waals surface area contributed by atoms with Gasteiger partial charge in [-0.15, -0.1) is 0 Å². The van der Waals surface area contributed by atoms with Crippen LogP contribution in [-0.2, 0) is 0 Å². The van der Waals surface area contributed by atoms with Gasteiger partial charge in [0.15, 0.2) is 0 Å².